The van der Waals surface area contributed by atoms with Crippen LogP contribution in [-0.4, -0.2) is 4.57 Å². The van der Waals surface area contributed by atoms with Gasteiger partial charge in [-0.25, -0.2) is 0 Å². The van der Waals surface area contributed by atoms with Gasteiger partial charge < -0.3 is 9.47 Å². The minimum atomic E-state index is -0.124. The molecule has 0 saturated carbocycles. The maximum atomic E-state index is 2.49. The van der Waals surface area contributed by atoms with E-state index in [0.717, 1.165) is 17.1 Å². The summed E-state index contributed by atoms with van der Waals surface area (Å²) in [5, 5.41) is 5.03. The van der Waals surface area contributed by atoms with E-state index in [1.807, 2.05) is 0 Å². The van der Waals surface area contributed by atoms with Crippen LogP contribution >= 0.6 is 0 Å². The molecule has 0 spiro atoms. The molecule has 9 aromatic rings. The number of hydrogen-bond acceptors (Lipinski definition) is 1. The van der Waals surface area contributed by atoms with Crippen LogP contribution < -0.4 is 4.90 Å². The number of benzene rings is 8. The molecule has 8 aromatic carbocycles. The third-order valence-electron chi connectivity index (χ3n) is 10.9. The second-order valence-electron chi connectivity index (χ2n) is 14.2. The number of para-hydroxylation sites is 2. The van der Waals surface area contributed by atoms with Crippen molar-refractivity contribution in [2.45, 2.75) is 19.3 Å². The topological polar surface area (TPSA) is 8.17 Å². The Labute approximate surface area is 298 Å². The Morgan fingerprint density at radius 3 is 1.90 bits per heavy atom. The van der Waals surface area contributed by atoms with E-state index in [-0.39, 0.29) is 5.41 Å². The zero-order valence-corrected chi connectivity index (χ0v) is 28.7. The molecule has 51 heavy (non-hydrogen) atoms. The second-order valence-corrected chi connectivity index (χ2v) is 14.2. The van der Waals surface area contributed by atoms with Gasteiger partial charge in [-0.05, 0) is 105 Å². The van der Waals surface area contributed by atoms with Crippen LogP contribution in [0.25, 0.3) is 60.5 Å². The summed E-state index contributed by atoms with van der Waals surface area (Å²) in [6, 6.07) is 66.4. The molecular formula is C49H36N2. The van der Waals surface area contributed by atoms with Gasteiger partial charge >= 0.3 is 0 Å². The normalized spacial score (nSPS) is 13.1. The summed E-state index contributed by atoms with van der Waals surface area (Å²) in [6.45, 7) is 4.77. The lowest BCUT2D eigenvalue weighted by Gasteiger charge is -2.26. The first-order valence-electron chi connectivity index (χ1n) is 17.8. The summed E-state index contributed by atoms with van der Waals surface area (Å²) >= 11 is 0. The molecule has 1 aromatic heterocycles. The van der Waals surface area contributed by atoms with Crippen LogP contribution in [0.4, 0.5) is 17.1 Å². The van der Waals surface area contributed by atoms with Gasteiger partial charge in [0.2, 0.25) is 0 Å². The number of rotatable bonds is 5. The van der Waals surface area contributed by atoms with Crippen molar-refractivity contribution >= 4 is 49.6 Å². The highest BCUT2D eigenvalue weighted by atomic mass is 15.1. The summed E-state index contributed by atoms with van der Waals surface area (Å²) in [5.41, 5.74) is 14.9. The first-order chi connectivity index (χ1) is 25.1. The summed E-state index contributed by atoms with van der Waals surface area (Å²) < 4.78 is 2.49. The Bertz CT molecular complexity index is 2750. The van der Waals surface area contributed by atoms with Crippen LogP contribution in [-0.2, 0) is 5.41 Å². The van der Waals surface area contributed by atoms with E-state index in [9.17, 15) is 0 Å². The van der Waals surface area contributed by atoms with Crippen molar-refractivity contribution in [2.75, 3.05) is 4.90 Å². The van der Waals surface area contributed by atoms with Crippen LogP contribution in [0.5, 0.6) is 0 Å². The molecule has 2 heteroatoms. The zero-order valence-electron chi connectivity index (χ0n) is 28.7. The highest BCUT2D eigenvalue weighted by Gasteiger charge is 2.38. The molecule has 0 bridgehead atoms. The maximum absolute atomic E-state index is 2.49. The average molecular weight is 653 g/mol. The number of aromatic nitrogens is 1. The molecule has 1 aliphatic carbocycles. The summed E-state index contributed by atoms with van der Waals surface area (Å²) in [7, 11) is 0. The number of anilines is 3. The molecule has 10 rings (SSSR count). The van der Waals surface area contributed by atoms with Gasteiger partial charge in [0.15, 0.2) is 0 Å². The van der Waals surface area contributed by atoms with Crippen LogP contribution in [0, 0.1) is 0 Å². The van der Waals surface area contributed by atoms with Crippen LogP contribution in [0.2, 0.25) is 0 Å². The number of nitrogens with zero attached hydrogens (tertiary/aromatic N) is 2. The van der Waals surface area contributed by atoms with Crippen molar-refractivity contribution in [1.29, 1.82) is 0 Å². The summed E-state index contributed by atoms with van der Waals surface area (Å²) in [4.78, 5) is 2.34. The van der Waals surface area contributed by atoms with Gasteiger partial charge in [0, 0.05) is 38.9 Å². The van der Waals surface area contributed by atoms with E-state index in [1.165, 1.54) is 71.6 Å². The molecule has 0 saturated heterocycles. The van der Waals surface area contributed by atoms with Crippen molar-refractivity contribution in [3.63, 3.8) is 0 Å². The van der Waals surface area contributed by atoms with Gasteiger partial charge in [-0.2, -0.15) is 0 Å². The third kappa shape index (κ3) is 4.57. The summed E-state index contributed by atoms with van der Waals surface area (Å²) in [5.74, 6) is 0. The molecule has 1 aliphatic rings. The molecule has 0 atom stereocenters. The van der Waals surface area contributed by atoms with Crippen molar-refractivity contribution < 1.29 is 0 Å². The van der Waals surface area contributed by atoms with Gasteiger partial charge in [-0.3, -0.25) is 0 Å². The Hall–Kier alpha value is -6.38. The minimum absolute atomic E-state index is 0.124. The Morgan fingerprint density at radius 2 is 1.10 bits per heavy atom. The zero-order chi connectivity index (χ0) is 34.1. The average Bonchev–Trinajstić information content (AvgIpc) is 3.64. The molecule has 0 unspecified atom stereocenters. The molecule has 2 nitrogen and oxygen atoms in total. The van der Waals surface area contributed by atoms with Gasteiger partial charge in [-0.1, -0.05) is 135 Å². The lowest BCUT2D eigenvalue weighted by Crippen LogP contribution is -2.16. The second kappa shape index (κ2) is 11.3. The fourth-order valence-electron chi connectivity index (χ4n) is 8.53. The van der Waals surface area contributed by atoms with Crippen LogP contribution in [0.15, 0.2) is 182 Å². The van der Waals surface area contributed by atoms with Crippen LogP contribution in [0.1, 0.15) is 25.0 Å². The van der Waals surface area contributed by atoms with E-state index < -0.39 is 0 Å². The molecule has 0 fully saturated rings. The monoisotopic (exact) mass is 652 g/mol. The van der Waals surface area contributed by atoms with Crippen molar-refractivity contribution in [3.05, 3.63) is 193 Å². The van der Waals surface area contributed by atoms with Gasteiger partial charge in [0.25, 0.3) is 0 Å². The predicted molar refractivity (Wildman–Crippen MR) is 216 cm³/mol. The van der Waals surface area contributed by atoms with E-state index in [0.29, 0.717) is 0 Å². The molecule has 242 valence electrons. The summed E-state index contributed by atoms with van der Waals surface area (Å²) in [6.07, 6.45) is 0. The molecule has 0 N–H and O–H groups in total. The van der Waals surface area contributed by atoms with E-state index in [4.69, 9.17) is 0 Å². The first kappa shape index (κ1) is 29.5. The molecule has 1 heterocycles. The number of hydrogen-bond donors (Lipinski definition) is 0. The highest BCUT2D eigenvalue weighted by Crippen LogP contribution is 2.53. The first-order valence-corrected chi connectivity index (χ1v) is 17.8. The largest absolute Gasteiger partial charge is 0.310 e. The lowest BCUT2D eigenvalue weighted by atomic mass is 9.81. The quantitative estimate of drug-likeness (QED) is 0.180. The Kier molecular flexibility index (Phi) is 6.56. The standard InChI is InChI=1S/C49H36N2/c1-49(2)45-20-12-11-19-41(45)42-28-29-43-44-32-36(24-30-46(44)51(48(43)47(42)49)38-17-7-4-8-18-38)34-21-25-39(26-22-34)50(37-15-5-3-6-16-37)40-27-23-33-13-9-10-14-35(33)31-40/h3-32H,1-2H3. The van der Waals surface area contributed by atoms with Crippen molar-refractivity contribution in [3.8, 4) is 27.9 Å². The predicted octanol–water partition coefficient (Wildman–Crippen LogP) is 13.4. The smallest absolute Gasteiger partial charge is 0.0588 e. The van der Waals surface area contributed by atoms with Gasteiger partial charge in [0.05, 0.1) is 11.0 Å². The lowest BCUT2D eigenvalue weighted by molar-refractivity contribution is 0.664. The molecule has 0 amide bonds. The van der Waals surface area contributed by atoms with Crippen molar-refractivity contribution in [1.82, 2.24) is 4.57 Å². The fourth-order valence-corrected chi connectivity index (χ4v) is 8.53. The van der Waals surface area contributed by atoms with E-state index >= 15 is 0 Å². The Morgan fingerprint density at radius 1 is 0.451 bits per heavy atom. The van der Waals surface area contributed by atoms with Crippen molar-refractivity contribution in [2.24, 2.45) is 0 Å². The third-order valence-corrected chi connectivity index (χ3v) is 10.9. The maximum Gasteiger partial charge on any atom is 0.0588 e. The minimum Gasteiger partial charge on any atom is -0.310 e. The van der Waals surface area contributed by atoms with E-state index in [2.05, 4.69) is 205 Å². The molecule has 0 aliphatic heterocycles. The number of fused-ring (bicyclic) bond motifs is 8. The fraction of sp³-hybridized carbons (Fsp3) is 0.0612. The van der Waals surface area contributed by atoms with E-state index in [1.54, 1.807) is 0 Å². The SMILES string of the molecule is CC1(C)c2ccccc2-c2ccc3c4cc(-c5ccc(N(c6ccccc6)c6ccc7ccccc7c6)cc5)ccc4n(-c4ccccc4)c3c21. The van der Waals surface area contributed by atoms with Gasteiger partial charge in [-0.15, -0.1) is 0 Å². The molecular weight excluding hydrogens is 617 g/mol. The van der Waals surface area contributed by atoms with Gasteiger partial charge in [0.1, 0.15) is 0 Å². The highest BCUT2D eigenvalue weighted by molar-refractivity contribution is 6.14. The van der Waals surface area contributed by atoms with Crippen LogP contribution in [0.3, 0.4) is 0 Å². The molecule has 0 radical (unpaired) electrons. The Balaban J connectivity index is 1.12.